The number of hydrogen-bond donors (Lipinski definition) is 0. The van der Waals surface area contributed by atoms with E-state index in [0.717, 1.165) is 25.3 Å². The van der Waals surface area contributed by atoms with Crippen LogP contribution in [0.25, 0.3) is 0 Å². The molecule has 1 fully saturated rings. The number of rotatable bonds is 5. The lowest BCUT2D eigenvalue weighted by Gasteiger charge is -2.33. The minimum Gasteiger partial charge on any atom is -0.490 e. The van der Waals surface area contributed by atoms with Crippen LogP contribution < -0.4 is 4.74 Å². The number of benzene rings is 1. The van der Waals surface area contributed by atoms with Crippen molar-refractivity contribution < 1.29 is 4.74 Å². The highest BCUT2D eigenvalue weighted by Gasteiger charge is 2.26. The molecule has 1 heterocycles. The Balaban J connectivity index is 1.95. The molecule has 1 aromatic rings. The molecule has 0 spiro atoms. The zero-order chi connectivity index (χ0) is 12.8. The van der Waals surface area contributed by atoms with E-state index in [9.17, 15) is 0 Å². The first-order valence-corrected chi connectivity index (χ1v) is 7.63. The van der Waals surface area contributed by atoms with Crippen molar-refractivity contribution in [3.63, 3.8) is 0 Å². The van der Waals surface area contributed by atoms with E-state index < -0.39 is 0 Å². The van der Waals surface area contributed by atoms with Gasteiger partial charge in [-0.1, -0.05) is 31.5 Å². The molecule has 0 radical (unpaired) electrons. The van der Waals surface area contributed by atoms with E-state index in [4.69, 9.17) is 4.74 Å². The van der Waals surface area contributed by atoms with Gasteiger partial charge in [0.15, 0.2) is 0 Å². The molecule has 1 unspecified atom stereocenters. The Labute approximate surface area is 119 Å². The van der Waals surface area contributed by atoms with Crippen LogP contribution in [0.5, 0.6) is 5.75 Å². The molecule has 0 aliphatic carbocycles. The van der Waals surface area contributed by atoms with E-state index in [-0.39, 0.29) is 0 Å². The largest absolute Gasteiger partial charge is 0.490 e. The Hall–Kier alpha value is -0.540. The summed E-state index contributed by atoms with van der Waals surface area (Å²) in [6.07, 6.45) is 5.16. The molecule has 100 valence electrons. The van der Waals surface area contributed by atoms with E-state index >= 15 is 0 Å². The standard InChI is InChI=1S/C15H22BrNO/c1-2-6-15(13-9-11-17(16)12-10-13)18-14-7-4-3-5-8-14/h3-5,7-8,13,15H,2,6,9-12H2,1H3. The van der Waals surface area contributed by atoms with E-state index in [1.165, 1.54) is 19.3 Å². The number of halogens is 1. The highest BCUT2D eigenvalue weighted by molar-refractivity contribution is 9.07. The van der Waals surface area contributed by atoms with Gasteiger partial charge in [0.2, 0.25) is 0 Å². The first kappa shape index (κ1) is 13.9. The monoisotopic (exact) mass is 311 g/mol. The zero-order valence-electron chi connectivity index (χ0n) is 11.0. The maximum absolute atomic E-state index is 6.20. The van der Waals surface area contributed by atoms with E-state index in [2.05, 4.69) is 39.1 Å². The molecule has 0 bridgehead atoms. The second-order valence-electron chi connectivity index (χ2n) is 5.01. The number of para-hydroxylation sites is 1. The third-order valence-electron chi connectivity index (χ3n) is 3.61. The summed E-state index contributed by atoms with van der Waals surface area (Å²) in [6.45, 7) is 4.49. The summed E-state index contributed by atoms with van der Waals surface area (Å²) in [5.74, 6) is 1.70. The smallest absolute Gasteiger partial charge is 0.119 e. The molecule has 0 amide bonds. The van der Waals surface area contributed by atoms with Crippen molar-refractivity contribution in [3.8, 4) is 5.75 Å². The average Bonchev–Trinajstić information content (AvgIpc) is 2.40. The van der Waals surface area contributed by atoms with Gasteiger partial charge in [0.25, 0.3) is 0 Å². The van der Waals surface area contributed by atoms with E-state index in [0.29, 0.717) is 12.0 Å². The van der Waals surface area contributed by atoms with Crippen molar-refractivity contribution in [2.24, 2.45) is 5.92 Å². The summed E-state index contributed by atoms with van der Waals surface area (Å²) in [5, 5.41) is 0. The fourth-order valence-electron chi connectivity index (χ4n) is 2.59. The van der Waals surface area contributed by atoms with Gasteiger partial charge < -0.3 is 4.74 Å². The lowest BCUT2D eigenvalue weighted by molar-refractivity contribution is 0.0924. The summed E-state index contributed by atoms with van der Waals surface area (Å²) >= 11 is 3.56. The van der Waals surface area contributed by atoms with Gasteiger partial charge in [-0.15, -0.1) is 0 Å². The lowest BCUT2D eigenvalue weighted by Crippen LogP contribution is -2.35. The van der Waals surface area contributed by atoms with Gasteiger partial charge in [0, 0.05) is 29.2 Å². The molecule has 0 N–H and O–H groups in total. The van der Waals surface area contributed by atoms with Gasteiger partial charge in [-0.25, -0.2) is 3.93 Å². The van der Waals surface area contributed by atoms with Crippen LogP contribution in [0.1, 0.15) is 32.6 Å². The highest BCUT2D eigenvalue weighted by Crippen LogP contribution is 2.28. The fraction of sp³-hybridized carbons (Fsp3) is 0.600. The summed E-state index contributed by atoms with van der Waals surface area (Å²) in [5.41, 5.74) is 0. The van der Waals surface area contributed by atoms with Crippen molar-refractivity contribution >= 4 is 16.1 Å². The van der Waals surface area contributed by atoms with Crippen LogP contribution in [0.3, 0.4) is 0 Å². The Morgan fingerprint density at radius 3 is 2.56 bits per heavy atom. The predicted molar refractivity (Wildman–Crippen MR) is 79.0 cm³/mol. The molecule has 1 saturated heterocycles. The maximum atomic E-state index is 6.20. The number of hydrogen-bond acceptors (Lipinski definition) is 2. The van der Waals surface area contributed by atoms with Gasteiger partial charge in [0.05, 0.1) is 0 Å². The fourth-order valence-corrected chi connectivity index (χ4v) is 3.00. The highest BCUT2D eigenvalue weighted by atomic mass is 79.9. The molecule has 1 aliphatic heterocycles. The first-order valence-electron chi connectivity index (χ1n) is 6.92. The van der Waals surface area contributed by atoms with Crippen LogP contribution >= 0.6 is 16.1 Å². The van der Waals surface area contributed by atoms with Gasteiger partial charge >= 0.3 is 0 Å². The summed E-state index contributed by atoms with van der Waals surface area (Å²) in [7, 11) is 0. The van der Waals surface area contributed by atoms with Gasteiger partial charge in [-0.2, -0.15) is 0 Å². The molecule has 1 aliphatic rings. The van der Waals surface area contributed by atoms with Crippen molar-refractivity contribution in [3.05, 3.63) is 30.3 Å². The topological polar surface area (TPSA) is 12.5 Å². The molecule has 1 aromatic carbocycles. The molecule has 2 rings (SSSR count). The second-order valence-corrected chi connectivity index (χ2v) is 6.01. The van der Waals surface area contributed by atoms with Gasteiger partial charge in [0.1, 0.15) is 11.9 Å². The van der Waals surface area contributed by atoms with E-state index in [1.807, 2.05) is 18.2 Å². The quantitative estimate of drug-likeness (QED) is 0.753. The molecule has 1 atom stereocenters. The number of ether oxygens (including phenoxy) is 1. The Morgan fingerprint density at radius 2 is 1.94 bits per heavy atom. The normalized spacial score (nSPS) is 19.7. The molecule has 3 heteroatoms. The molecule has 18 heavy (non-hydrogen) atoms. The van der Waals surface area contributed by atoms with Gasteiger partial charge in [-0.05, 0) is 37.3 Å². The second kappa shape index (κ2) is 7.15. The Bertz CT molecular complexity index is 336. The molecule has 0 saturated carbocycles. The molecule has 2 nitrogen and oxygen atoms in total. The van der Waals surface area contributed by atoms with Crippen LogP contribution in [-0.4, -0.2) is 23.1 Å². The Morgan fingerprint density at radius 1 is 1.28 bits per heavy atom. The van der Waals surface area contributed by atoms with Crippen LogP contribution in [-0.2, 0) is 0 Å². The zero-order valence-corrected chi connectivity index (χ0v) is 12.6. The van der Waals surface area contributed by atoms with E-state index in [1.54, 1.807) is 0 Å². The molecular weight excluding hydrogens is 290 g/mol. The number of piperidine rings is 1. The van der Waals surface area contributed by atoms with Crippen LogP contribution in [0, 0.1) is 5.92 Å². The summed E-state index contributed by atoms with van der Waals surface area (Å²) in [4.78, 5) is 0. The number of nitrogens with zero attached hydrogens (tertiary/aromatic N) is 1. The predicted octanol–water partition coefficient (Wildman–Crippen LogP) is 4.26. The van der Waals surface area contributed by atoms with Crippen LogP contribution in [0.4, 0.5) is 0 Å². The minimum absolute atomic E-state index is 0.374. The maximum Gasteiger partial charge on any atom is 0.119 e. The van der Waals surface area contributed by atoms with Gasteiger partial charge in [-0.3, -0.25) is 0 Å². The third-order valence-corrected chi connectivity index (χ3v) is 4.32. The summed E-state index contributed by atoms with van der Waals surface area (Å²) < 4.78 is 8.43. The molecular formula is C15H22BrNO. The third kappa shape index (κ3) is 3.99. The van der Waals surface area contributed by atoms with Crippen LogP contribution in [0.2, 0.25) is 0 Å². The van der Waals surface area contributed by atoms with Crippen molar-refractivity contribution in [2.75, 3.05) is 13.1 Å². The average molecular weight is 312 g/mol. The SMILES string of the molecule is CCCC(Oc1ccccc1)C1CCN(Br)CC1. The minimum atomic E-state index is 0.374. The summed E-state index contributed by atoms with van der Waals surface area (Å²) in [6, 6.07) is 10.2. The van der Waals surface area contributed by atoms with Crippen molar-refractivity contribution in [1.29, 1.82) is 0 Å². The molecule has 0 aromatic heterocycles. The first-order chi connectivity index (χ1) is 8.79. The van der Waals surface area contributed by atoms with Crippen molar-refractivity contribution in [1.82, 2.24) is 3.93 Å². The van der Waals surface area contributed by atoms with Crippen LogP contribution in [0.15, 0.2) is 30.3 Å². The van der Waals surface area contributed by atoms with Crippen molar-refractivity contribution in [2.45, 2.75) is 38.7 Å². The Kier molecular flexibility index (Phi) is 5.51. The lowest BCUT2D eigenvalue weighted by atomic mass is 9.89.